The van der Waals surface area contributed by atoms with Crippen LogP contribution >= 0.6 is 11.8 Å². The van der Waals surface area contributed by atoms with Crippen molar-refractivity contribution in [1.29, 1.82) is 0 Å². The Morgan fingerprint density at radius 1 is 1.62 bits per heavy atom. The van der Waals surface area contributed by atoms with Gasteiger partial charge in [-0.25, -0.2) is 9.79 Å². The fraction of sp³-hybridized carbons (Fsp3) is 0.556. The van der Waals surface area contributed by atoms with Gasteiger partial charge in [0.05, 0.1) is 11.3 Å². The number of rotatable bonds is 1. The summed E-state index contributed by atoms with van der Waals surface area (Å²) in [6.07, 6.45) is 6.00. The summed E-state index contributed by atoms with van der Waals surface area (Å²) < 4.78 is 0. The number of hydrogen-bond donors (Lipinski definition) is 0. The maximum absolute atomic E-state index is 11.4. The van der Waals surface area contributed by atoms with Crippen LogP contribution in [0.25, 0.3) is 0 Å². The zero-order valence-corrected chi connectivity index (χ0v) is 7.79. The molecule has 0 amide bonds. The SMILES string of the molecule is O=C=NC1CSC2C(=O)CC=CC12. The fourth-order valence-electron chi connectivity index (χ4n) is 1.81. The molecule has 2 rings (SSSR count). The van der Waals surface area contributed by atoms with Crippen molar-refractivity contribution in [2.75, 3.05) is 5.75 Å². The number of Topliss-reactive ketones (excluding diaryl/α,β-unsaturated/α-hetero) is 1. The van der Waals surface area contributed by atoms with Crippen molar-refractivity contribution in [2.24, 2.45) is 10.9 Å². The zero-order chi connectivity index (χ0) is 9.26. The molecule has 0 spiro atoms. The summed E-state index contributed by atoms with van der Waals surface area (Å²) >= 11 is 1.61. The number of carbonyl (C=O) groups is 1. The summed E-state index contributed by atoms with van der Waals surface area (Å²) in [5, 5.41) is 0.0344. The van der Waals surface area contributed by atoms with E-state index in [4.69, 9.17) is 0 Å². The smallest absolute Gasteiger partial charge is 0.235 e. The van der Waals surface area contributed by atoms with Crippen LogP contribution in [0.2, 0.25) is 0 Å². The summed E-state index contributed by atoms with van der Waals surface area (Å²) in [6.45, 7) is 0. The van der Waals surface area contributed by atoms with E-state index in [0.717, 1.165) is 5.75 Å². The van der Waals surface area contributed by atoms with Crippen LogP contribution in [-0.2, 0) is 9.59 Å². The molecule has 3 atom stereocenters. The second-order valence-corrected chi connectivity index (χ2v) is 4.39. The first-order valence-corrected chi connectivity index (χ1v) is 5.26. The van der Waals surface area contributed by atoms with E-state index in [1.165, 1.54) is 0 Å². The molecule has 1 heterocycles. The van der Waals surface area contributed by atoms with E-state index >= 15 is 0 Å². The molecule has 2 aliphatic rings. The van der Waals surface area contributed by atoms with Crippen molar-refractivity contribution in [3.05, 3.63) is 12.2 Å². The predicted octanol–water partition coefficient (Wildman–Crippen LogP) is 0.951. The number of isocyanates is 1. The molecule has 0 aromatic carbocycles. The molecular weight excluding hydrogens is 186 g/mol. The lowest BCUT2D eigenvalue weighted by Gasteiger charge is -2.19. The van der Waals surface area contributed by atoms with E-state index in [2.05, 4.69) is 4.99 Å². The Labute approximate surface area is 80.3 Å². The fourth-order valence-corrected chi connectivity index (χ4v) is 3.29. The van der Waals surface area contributed by atoms with Gasteiger partial charge in [-0.3, -0.25) is 4.79 Å². The Balaban J connectivity index is 2.22. The number of aliphatic imine (C=N–C) groups is 1. The van der Waals surface area contributed by atoms with E-state index in [-0.39, 0.29) is 23.0 Å². The lowest BCUT2D eigenvalue weighted by atomic mass is 9.89. The summed E-state index contributed by atoms with van der Waals surface area (Å²) in [6, 6.07) is -0.0343. The van der Waals surface area contributed by atoms with Gasteiger partial charge in [0.15, 0.2) is 0 Å². The highest BCUT2D eigenvalue weighted by Crippen LogP contribution is 2.38. The van der Waals surface area contributed by atoms with E-state index in [0.29, 0.717) is 6.42 Å². The Kier molecular flexibility index (Phi) is 2.34. The maximum atomic E-state index is 11.4. The molecule has 3 unspecified atom stereocenters. The minimum Gasteiger partial charge on any atom is -0.298 e. The van der Waals surface area contributed by atoms with Gasteiger partial charge in [0, 0.05) is 18.1 Å². The lowest BCUT2D eigenvalue weighted by Crippen LogP contribution is -2.29. The van der Waals surface area contributed by atoms with Crippen molar-refractivity contribution in [3.63, 3.8) is 0 Å². The van der Waals surface area contributed by atoms with Crippen LogP contribution in [0.15, 0.2) is 17.1 Å². The molecule has 0 aromatic rings. The number of fused-ring (bicyclic) bond motifs is 1. The molecule has 0 N–H and O–H groups in total. The largest absolute Gasteiger partial charge is 0.298 e. The Morgan fingerprint density at radius 2 is 2.46 bits per heavy atom. The van der Waals surface area contributed by atoms with Crippen LogP contribution in [0.1, 0.15) is 6.42 Å². The highest BCUT2D eigenvalue weighted by atomic mass is 32.2. The Hall–Kier alpha value is -0.860. The Bertz CT molecular complexity index is 307. The molecule has 0 bridgehead atoms. The van der Waals surface area contributed by atoms with Crippen LogP contribution in [0.4, 0.5) is 0 Å². The molecule has 0 aromatic heterocycles. The summed E-state index contributed by atoms with van der Waals surface area (Å²) in [5.41, 5.74) is 0. The molecule has 68 valence electrons. The average molecular weight is 195 g/mol. The van der Waals surface area contributed by atoms with Gasteiger partial charge in [-0.15, -0.1) is 11.8 Å². The molecule has 1 aliphatic carbocycles. The molecule has 1 saturated heterocycles. The van der Waals surface area contributed by atoms with Gasteiger partial charge >= 0.3 is 0 Å². The van der Waals surface area contributed by atoms with Gasteiger partial charge in [-0.2, -0.15) is 0 Å². The van der Waals surface area contributed by atoms with Crippen molar-refractivity contribution in [2.45, 2.75) is 17.7 Å². The van der Waals surface area contributed by atoms with Crippen molar-refractivity contribution < 1.29 is 9.59 Å². The zero-order valence-electron chi connectivity index (χ0n) is 6.97. The molecule has 1 fully saturated rings. The number of thioether (sulfide) groups is 1. The minimum atomic E-state index is -0.0343. The van der Waals surface area contributed by atoms with Crippen LogP contribution in [-0.4, -0.2) is 28.9 Å². The molecule has 3 nitrogen and oxygen atoms in total. The number of carbonyl (C=O) groups excluding carboxylic acids is 2. The lowest BCUT2D eigenvalue weighted by molar-refractivity contribution is -0.118. The quantitative estimate of drug-likeness (QED) is 0.355. The first-order valence-electron chi connectivity index (χ1n) is 4.21. The van der Waals surface area contributed by atoms with E-state index in [9.17, 15) is 9.59 Å². The third kappa shape index (κ3) is 1.47. The first kappa shape index (κ1) is 8.73. The van der Waals surface area contributed by atoms with E-state index in [1.807, 2.05) is 12.2 Å². The standard InChI is InChI=1S/C9H9NO2S/c11-5-10-7-4-13-9-6(7)2-1-3-8(9)12/h1-2,6-7,9H,3-4H2. The van der Waals surface area contributed by atoms with Gasteiger partial charge in [0.2, 0.25) is 6.08 Å². The maximum Gasteiger partial charge on any atom is 0.235 e. The van der Waals surface area contributed by atoms with Gasteiger partial charge < -0.3 is 0 Å². The number of ketones is 1. The second kappa shape index (κ2) is 3.48. The third-order valence-corrected chi connectivity index (χ3v) is 3.92. The normalized spacial score (nSPS) is 36.9. The number of allylic oxidation sites excluding steroid dienone is 1. The molecular formula is C9H9NO2S. The number of hydrogen-bond acceptors (Lipinski definition) is 4. The van der Waals surface area contributed by atoms with Crippen molar-refractivity contribution >= 4 is 23.6 Å². The van der Waals surface area contributed by atoms with Crippen LogP contribution in [0.5, 0.6) is 0 Å². The van der Waals surface area contributed by atoms with E-state index < -0.39 is 0 Å². The van der Waals surface area contributed by atoms with Crippen molar-refractivity contribution in [3.8, 4) is 0 Å². The predicted molar refractivity (Wildman–Crippen MR) is 50.4 cm³/mol. The van der Waals surface area contributed by atoms with E-state index in [1.54, 1.807) is 17.8 Å². The summed E-state index contributed by atoms with van der Waals surface area (Å²) in [5.74, 6) is 1.16. The third-order valence-electron chi connectivity index (χ3n) is 2.45. The molecule has 1 aliphatic heterocycles. The minimum absolute atomic E-state index is 0.0343. The summed E-state index contributed by atoms with van der Waals surface area (Å²) in [4.78, 5) is 25.2. The van der Waals surface area contributed by atoms with Crippen LogP contribution in [0.3, 0.4) is 0 Å². The molecule has 4 heteroatoms. The van der Waals surface area contributed by atoms with Crippen molar-refractivity contribution in [1.82, 2.24) is 0 Å². The van der Waals surface area contributed by atoms with Gasteiger partial charge in [-0.05, 0) is 0 Å². The highest BCUT2D eigenvalue weighted by molar-refractivity contribution is 8.01. The first-order chi connectivity index (χ1) is 6.33. The van der Waals surface area contributed by atoms with Crippen LogP contribution < -0.4 is 0 Å². The van der Waals surface area contributed by atoms with Gasteiger partial charge in [0.1, 0.15) is 5.78 Å². The highest BCUT2D eigenvalue weighted by Gasteiger charge is 2.40. The second-order valence-electron chi connectivity index (χ2n) is 3.22. The van der Waals surface area contributed by atoms with Crippen LogP contribution in [0, 0.1) is 5.92 Å². The topological polar surface area (TPSA) is 46.5 Å². The van der Waals surface area contributed by atoms with Gasteiger partial charge in [0.25, 0.3) is 0 Å². The monoisotopic (exact) mass is 195 g/mol. The molecule has 13 heavy (non-hydrogen) atoms. The Morgan fingerprint density at radius 3 is 3.23 bits per heavy atom. The molecule has 0 saturated carbocycles. The average Bonchev–Trinajstić information content (AvgIpc) is 2.51. The number of nitrogens with zero attached hydrogens (tertiary/aromatic N) is 1. The molecule has 0 radical (unpaired) electrons. The summed E-state index contributed by atoms with van der Waals surface area (Å²) in [7, 11) is 0. The van der Waals surface area contributed by atoms with Gasteiger partial charge in [-0.1, -0.05) is 12.2 Å².